The molecule has 0 bridgehead atoms. The van der Waals surface area contributed by atoms with Crippen molar-refractivity contribution in [2.45, 2.75) is 32.7 Å². The molecule has 2 saturated heterocycles. The number of Topliss-reactive ketones (excluding diaryl/α,β-unsaturated/α-hetero) is 1. The fourth-order valence-electron chi connectivity index (χ4n) is 4.32. The summed E-state index contributed by atoms with van der Waals surface area (Å²) in [7, 11) is 0. The Bertz CT molecular complexity index is 739. The first-order valence-corrected chi connectivity index (χ1v) is 10.4. The number of hydrogen-bond donors (Lipinski definition) is 0. The number of aromatic nitrogens is 2. The lowest BCUT2D eigenvalue weighted by atomic mass is 9.84. The lowest BCUT2D eigenvalue weighted by Crippen LogP contribution is -2.37. The highest BCUT2D eigenvalue weighted by Crippen LogP contribution is 2.33. The van der Waals surface area contributed by atoms with Crippen LogP contribution >= 0.6 is 11.3 Å². The Kier molecular flexibility index (Phi) is 5.31. The van der Waals surface area contributed by atoms with Crippen LogP contribution in [0.3, 0.4) is 0 Å². The zero-order valence-electron chi connectivity index (χ0n) is 15.3. The van der Waals surface area contributed by atoms with Gasteiger partial charge in [0.05, 0.1) is 4.88 Å². The third-order valence-electron chi connectivity index (χ3n) is 5.76. The lowest BCUT2D eigenvalue weighted by Gasteiger charge is -2.34. The molecule has 0 aliphatic carbocycles. The Morgan fingerprint density at radius 1 is 1.15 bits per heavy atom. The molecule has 26 heavy (non-hydrogen) atoms. The van der Waals surface area contributed by atoms with Crippen molar-refractivity contribution in [1.82, 2.24) is 14.9 Å². The van der Waals surface area contributed by atoms with Crippen LogP contribution in [0.1, 0.15) is 41.4 Å². The van der Waals surface area contributed by atoms with Gasteiger partial charge in [-0.25, -0.2) is 9.97 Å². The minimum absolute atomic E-state index is 0.176. The highest BCUT2D eigenvalue weighted by atomic mass is 32.1. The van der Waals surface area contributed by atoms with Gasteiger partial charge >= 0.3 is 0 Å². The second-order valence-corrected chi connectivity index (χ2v) is 8.44. The summed E-state index contributed by atoms with van der Waals surface area (Å²) in [6.07, 6.45) is 7.43. The van der Waals surface area contributed by atoms with E-state index in [-0.39, 0.29) is 5.78 Å². The minimum Gasteiger partial charge on any atom is -0.341 e. The first-order valence-electron chi connectivity index (χ1n) is 9.51. The van der Waals surface area contributed by atoms with Gasteiger partial charge in [0.15, 0.2) is 5.78 Å². The first-order chi connectivity index (χ1) is 12.7. The van der Waals surface area contributed by atoms with Crippen molar-refractivity contribution in [2.75, 3.05) is 31.1 Å². The second-order valence-electron chi connectivity index (χ2n) is 7.53. The van der Waals surface area contributed by atoms with Crippen molar-refractivity contribution in [3.05, 3.63) is 40.3 Å². The number of rotatable bonds is 5. The van der Waals surface area contributed by atoms with E-state index in [1.807, 2.05) is 18.5 Å². The van der Waals surface area contributed by atoms with E-state index < -0.39 is 0 Å². The van der Waals surface area contributed by atoms with Crippen LogP contribution < -0.4 is 4.90 Å². The van der Waals surface area contributed by atoms with Gasteiger partial charge in [0, 0.05) is 38.6 Å². The Balaban J connectivity index is 1.27. The molecule has 0 saturated carbocycles. The number of anilines is 1. The number of ketones is 1. The van der Waals surface area contributed by atoms with E-state index in [1.54, 1.807) is 18.3 Å². The molecule has 2 aliphatic heterocycles. The molecule has 4 rings (SSSR count). The van der Waals surface area contributed by atoms with Crippen LogP contribution in [0.25, 0.3) is 0 Å². The summed E-state index contributed by atoms with van der Waals surface area (Å²) in [5.41, 5.74) is 1.29. The Labute approximate surface area is 159 Å². The normalized spacial score (nSPS) is 22.0. The Hall–Kier alpha value is -1.79. The SMILES string of the molecule is CC(=O)c1cc(CN2CCC(C3CCN(c4ncccn4)CC3)C2)cs1. The highest BCUT2D eigenvalue weighted by molar-refractivity contribution is 7.12. The molecule has 138 valence electrons. The summed E-state index contributed by atoms with van der Waals surface area (Å²) >= 11 is 1.57. The number of likely N-dealkylation sites (tertiary alicyclic amines) is 1. The maximum absolute atomic E-state index is 11.5. The minimum atomic E-state index is 0.176. The summed E-state index contributed by atoms with van der Waals surface area (Å²) in [6, 6.07) is 3.94. The molecule has 2 aromatic rings. The van der Waals surface area contributed by atoms with Gasteiger partial charge in [-0.15, -0.1) is 11.3 Å². The molecule has 0 spiro atoms. The van der Waals surface area contributed by atoms with E-state index >= 15 is 0 Å². The van der Waals surface area contributed by atoms with Crippen molar-refractivity contribution < 1.29 is 4.79 Å². The summed E-state index contributed by atoms with van der Waals surface area (Å²) in [5, 5.41) is 2.14. The van der Waals surface area contributed by atoms with E-state index in [1.165, 1.54) is 37.9 Å². The van der Waals surface area contributed by atoms with Crippen LogP contribution in [-0.4, -0.2) is 46.8 Å². The molecule has 1 unspecified atom stereocenters. The molecule has 2 aromatic heterocycles. The summed E-state index contributed by atoms with van der Waals surface area (Å²) in [6.45, 7) is 7.14. The Morgan fingerprint density at radius 2 is 1.88 bits per heavy atom. The molecule has 0 N–H and O–H groups in total. The molecular formula is C20H26N4OS. The quantitative estimate of drug-likeness (QED) is 0.754. The van der Waals surface area contributed by atoms with Gasteiger partial charge in [-0.05, 0) is 67.6 Å². The third kappa shape index (κ3) is 3.96. The molecule has 2 aliphatic rings. The second kappa shape index (κ2) is 7.84. The molecule has 0 radical (unpaired) electrons. The predicted octanol–water partition coefficient (Wildman–Crippen LogP) is 3.48. The van der Waals surface area contributed by atoms with Gasteiger partial charge in [0.1, 0.15) is 0 Å². The number of thiophene rings is 1. The number of carbonyl (C=O) groups is 1. The molecule has 0 aromatic carbocycles. The van der Waals surface area contributed by atoms with E-state index in [4.69, 9.17) is 0 Å². The van der Waals surface area contributed by atoms with Crippen molar-refractivity contribution in [3.8, 4) is 0 Å². The van der Waals surface area contributed by atoms with Crippen LogP contribution in [0.5, 0.6) is 0 Å². The van der Waals surface area contributed by atoms with Crippen LogP contribution in [0.4, 0.5) is 5.95 Å². The Morgan fingerprint density at radius 3 is 2.58 bits per heavy atom. The van der Waals surface area contributed by atoms with Crippen LogP contribution in [0, 0.1) is 11.8 Å². The summed E-state index contributed by atoms with van der Waals surface area (Å²) < 4.78 is 0. The molecule has 5 nitrogen and oxygen atoms in total. The number of carbonyl (C=O) groups excluding carboxylic acids is 1. The van der Waals surface area contributed by atoms with Crippen molar-refractivity contribution in [3.63, 3.8) is 0 Å². The average molecular weight is 371 g/mol. The predicted molar refractivity (Wildman–Crippen MR) is 105 cm³/mol. The van der Waals surface area contributed by atoms with Gasteiger partial charge in [-0.2, -0.15) is 0 Å². The first kappa shape index (κ1) is 17.6. The topological polar surface area (TPSA) is 49.3 Å². The zero-order chi connectivity index (χ0) is 17.9. The van der Waals surface area contributed by atoms with Crippen LogP contribution in [0.2, 0.25) is 0 Å². The zero-order valence-corrected chi connectivity index (χ0v) is 16.1. The third-order valence-corrected chi connectivity index (χ3v) is 6.84. The molecule has 6 heteroatoms. The van der Waals surface area contributed by atoms with E-state index in [2.05, 4.69) is 31.2 Å². The van der Waals surface area contributed by atoms with Crippen LogP contribution in [0.15, 0.2) is 29.9 Å². The number of piperidine rings is 1. The number of hydrogen-bond acceptors (Lipinski definition) is 6. The van der Waals surface area contributed by atoms with Crippen LogP contribution in [-0.2, 0) is 6.54 Å². The lowest BCUT2D eigenvalue weighted by molar-refractivity contribution is 0.102. The molecule has 1 atom stereocenters. The highest BCUT2D eigenvalue weighted by Gasteiger charge is 2.32. The smallest absolute Gasteiger partial charge is 0.225 e. The fraction of sp³-hybridized carbons (Fsp3) is 0.550. The largest absolute Gasteiger partial charge is 0.341 e. The molecule has 0 amide bonds. The molecule has 2 fully saturated rings. The maximum atomic E-state index is 11.5. The van der Waals surface area contributed by atoms with Crippen molar-refractivity contribution in [1.29, 1.82) is 0 Å². The van der Waals surface area contributed by atoms with Gasteiger partial charge in [0.2, 0.25) is 5.95 Å². The number of nitrogens with zero attached hydrogens (tertiary/aromatic N) is 4. The standard InChI is InChI=1S/C20H26N4OS/c1-15(25)19-11-16(14-26-19)12-23-8-3-18(13-23)17-4-9-24(10-5-17)20-21-6-2-7-22-20/h2,6-7,11,14,17-18H,3-5,8-10,12-13H2,1H3. The maximum Gasteiger partial charge on any atom is 0.225 e. The summed E-state index contributed by atoms with van der Waals surface area (Å²) in [5.74, 6) is 2.67. The fourth-order valence-corrected chi connectivity index (χ4v) is 5.12. The van der Waals surface area contributed by atoms with Gasteiger partial charge in [-0.3, -0.25) is 9.69 Å². The van der Waals surface area contributed by atoms with Gasteiger partial charge in [0.25, 0.3) is 0 Å². The van der Waals surface area contributed by atoms with E-state index in [9.17, 15) is 4.79 Å². The molecule has 4 heterocycles. The summed E-state index contributed by atoms with van der Waals surface area (Å²) in [4.78, 5) is 26.0. The van der Waals surface area contributed by atoms with E-state index in [0.29, 0.717) is 0 Å². The van der Waals surface area contributed by atoms with Crippen molar-refractivity contribution >= 4 is 23.1 Å². The van der Waals surface area contributed by atoms with Gasteiger partial charge in [-0.1, -0.05) is 0 Å². The monoisotopic (exact) mass is 370 g/mol. The van der Waals surface area contributed by atoms with Crippen molar-refractivity contribution in [2.24, 2.45) is 11.8 Å². The molecular weight excluding hydrogens is 344 g/mol. The average Bonchev–Trinajstić information content (AvgIpc) is 3.33. The van der Waals surface area contributed by atoms with Gasteiger partial charge < -0.3 is 4.90 Å². The van der Waals surface area contributed by atoms with E-state index in [0.717, 1.165) is 42.3 Å².